The summed E-state index contributed by atoms with van der Waals surface area (Å²) in [5.74, 6) is 0.304. The van der Waals surface area contributed by atoms with Crippen LogP contribution in [0, 0.1) is 0 Å². The molecule has 6 heteroatoms. The minimum Gasteiger partial charge on any atom is -0.468 e. The van der Waals surface area contributed by atoms with Crippen molar-refractivity contribution in [3.05, 3.63) is 53.7 Å². The predicted octanol–water partition coefficient (Wildman–Crippen LogP) is 2.50. The van der Waals surface area contributed by atoms with Crippen LogP contribution < -0.4 is 11.1 Å². The number of nitrogens with one attached hydrogen (secondary N) is 1. The normalized spacial score (nSPS) is 16.2. The molecule has 0 saturated carbocycles. The summed E-state index contributed by atoms with van der Waals surface area (Å²) in [5, 5.41) is 3.26. The van der Waals surface area contributed by atoms with Gasteiger partial charge in [-0.05, 0) is 30.5 Å². The standard InChI is InChI=1S/C19H23N3O3/c1-24-18(23)19(9-11-25-12-10-19)16-8-7-15(20)17(22-16)21-13-14-5-3-2-4-6-14/h2-8H,9-13,20H2,1H3,(H,21,22). The van der Waals surface area contributed by atoms with E-state index in [9.17, 15) is 4.79 Å². The maximum Gasteiger partial charge on any atom is 0.318 e. The van der Waals surface area contributed by atoms with Crippen molar-refractivity contribution in [3.8, 4) is 0 Å². The van der Waals surface area contributed by atoms with E-state index >= 15 is 0 Å². The fourth-order valence-electron chi connectivity index (χ4n) is 3.14. The van der Waals surface area contributed by atoms with E-state index in [4.69, 9.17) is 15.2 Å². The van der Waals surface area contributed by atoms with Gasteiger partial charge in [-0.1, -0.05) is 30.3 Å². The highest BCUT2D eigenvalue weighted by atomic mass is 16.5. The molecule has 6 nitrogen and oxygen atoms in total. The molecule has 0 unspecified atom stereocenters. The van der Waals surface area contributed by atoms with E-state index in [-0.39, 0.29) is 5.97 Å². The summed E-state index contributed by atoms with van der Waals surface area (Å²) in [7, 11) is 1.41. The zero-order valence-electron chi connectivity index (χ0n) is 14.3. The Kier molecular flexibility index (Phi) is 5.19. The number of ether oxygens (including phenoxy) is 2. The van der Waals surface area contributed by atoms with Crippen molar-refractivity contribution in [2.24, 2.45) is 0 Å². The summed E-state index contributed by atoms with van der Waals surface area (Å²) >= 11 is 0. The zero-order chi connectivity index (χ0) is 17.7. The van der Waals surface area contributed by atoms with Gasteiger partial charge >= 0.3 is 5.97 Å². The number of nitrogens with two attached hydrogens (primary N) is 1. The summed E-state index contributed by atoms with van der Waals surface area (Å²) in [6.07, 6.45) is 1.10. The van der Waals surface area contributed by atoms with Gasteiger partial charge in [-0.25, -0.2) is 4.98 Å². The molecule has 0 spiro atoms. The van der Waals surface area contributed by atoms with E-state index in [0.29, 0.717) is 49.8 Å². The van der Waals surface area contributed by atoms with Crippen LogP contribution in [0.1, 0.15) is 24.1 Å². The number of nitrogen functional groups attached to an aromatic ring is 1. The summed E-state index contributed by atoms with van der Waals surface area (Å²) < 4.78 is 10.5. The zero-order valence-corrected chi connectivity index (χ0v) is 14.3. The van der Waals surface area contributed by atoms with Crippen molar-refractivity contribution < 1.29 is 14.3 Å². The SMILES string of the molecule is COC(=O)C1(c2ccc(N)c(NCc3ccccc3)n2)CCOCC1. The molecule has 3 rings (SSSR count). The maximum atomic E-state index is 12.5. The highest BCUT2D eigenvalue weighted by Crippen LogP contribution is 2.36. The van der Waals surface area contributed by atoms with E-state index in [1.54, 1.807) is 6.07 Å². The molecule has 1 saturated heterocycles. The number of benzene rings is 1. The van der Waals surface area contributed by atoms with Gasteiger partial charge in [0.1, 0.15) is 11.2 Å². The highest BCUT2D eigenvalue weighted by molar-refractivity contribution is 5.83. The Bertz CT molecular complexity index is 728. The third kappa shape index (κ3) is 3.58. The van der Waals surface area contributed by atoms with Crippen LogP contribution in [0.3, 0.4) is 0 Å². The molecule has 3 N–H and O–H groups in total. The number of hydrogen-bond acceptors (Lipinski definition) is 6. The summed E-state index contributed by atoms with van der Waals surface area (Å²) in [6, 6.07) is 13.6. The monoisotopic (exact) mass is 341 g/mol. The van der Waals surface area contributed by atoms with E-state index in [1.165, 1.54) is 7.11 Å². The van der Waals surface area contributed by atoms with Gasteiger partial charge in [0.25, 0.3) is 0 Å². The van der Waals surface area contributed by atoms with Crippen LogP contribution in [0.4, 0.5) is 11.5 Å². The summed E-state index contributed by atoms with van der Waals surface area (Å²) in [5.41, 5.74) is 7.64. The number of carbonyl (C=O) groups excluding carboxylic acids is 1. The third-order valence-corrected chi connectivity index (χ3v) is 4.64. The topological polar surface area (TPSA) is 86.5 Å². The Hall–Kier alpha value is -2.60. The lowest BCUT2D eigenvalue weighted by atomic mass is 9.77. The molecule has 2 heterocycles. The molecule has 0 atom stereocenters. The van der Waals surface area contributed by atoms with Crippen LogP contribution in [0.5, 0.6) is 0 Å². The molecule has 2 aromatic rings. The molecule has 1 aliphatic heterocycles. The average molecular weight is 341 g/mol. The molecule has 25 heavy (non-hydrogen) atoms. The second-order valence-electron chi connectivity index (χ2n) is 6.16. The molecule has 0 bridgehead atoms. The lowest BCUT2D eigenvalue weighted by molar-refractivity contribution is -0.151. The number of pyridine rings is 1. The molecule has 0 aliphatic carbocycles. The van der Waals surface area contributed by atoms with Gasteiger partial charge in [0.15, 0.2) is 0 Å². The number of methoxy groups -OCH3 is 1. The molecular formula is C19H23N3O3. The largest absolute Gasteiger partial charge is 0.468 e. The molecule has 0 amide bonds. The molecule has 1 aliphatic rings. The second kappa shape index (κ2) is 7.53. The van der Waals surface area contributed by atoms with E-state index in [0.717, 1.165) is 5.56 Å². The van der Waals surface area contributed by atoms with Crippen LogP contribution in [0.15, 0.2) is 42.5 Å². The van der Waals surface area contributed by atoms with Crippen LogP contribution in [-0.4, -0.2) is 31.3 Å². The number of aromatic nitrogens is 1. The Morgan fingerprint density at radius 3 is 2.64 bits per heavy atom. The first-order chi connectivity index (χ1) is 12.2. The van der Waals surface area contributed by atoms with Gasteiger partial charge in [0, 0.05) is 19.8 Å². The second-order valence-corrected chi connectivity index (χ2v) is 6.16. The van der Waals surface area contributed by atoms with Crippen molar-refractivity contribution >= 4 is 17.5 Å². The maximum absolute atomic E-state index is 12.5. The molecule has 1 aromatic heterocycles. The van der Waals surface area contributed by atoms with Gasteiger partial charge < -0.3 is 20.5 Å². The van der Waals surface area contributed by atoms with Gasteiger partial charge in [0.2, 0.25) is 0 Å². The fourth-order valence-corrected chi connectivity index (χ4v) is 3.14. The van der Waals surface area contributed by atoms with Crippen molar-refractivity contribution in [1.29, 1.82) is 0 Å². The lowest BCUT2D eigenvalue weighted by Gasteiger charge is -2.34. The minimum absolute atomic E-state index is 0.276. The molecule has 1 aromatic carbocycles. The molecule has 132 valence electrons. The highest BCUT2D eigenvalue weighted by Gasteiger charge is 2.44. The van der Waals surface area contributed by atoms with Gasteiger partial charge in [-0.3, -0.25) is 4.79 Å². The quantitative estimate of drug-likeness (QED) is 0.813. The van der Waals surface area contributed by atoms with Crippen molar-refractivity contribution in [2.75, 3.05) is 31.4 Å². The van der Waals surface area contributed by atoms with Crippen LogP contribution >= 0.6 is 0 Å². The number of carbonyl (C=O) groups is 1. The fraction of sp³-hybridized carbons (Fsp3) is 0.368. The number of hydrogen-bond donors (Lipinski definition) is 2. The van der Waals surface area contributed by atoms with Gasteiger partial charge in [-0.2, -0.15) is 0 Å². The van der Waals surface area contributed by atoms with E-state index in [1.807, 2.05) is 36.4 Å². The van der Waals surface area contributed by atoms with E-state index in [2.05, 4.69) is 10.3 Å². The van der Waals surface area contributed by atoms with Gasteiger partial charge in [0.05, 0.1) is 18.5 Å². The van der Waals surface area contributed by atoms with Crippen molar-refractivity contribution in [2.45, 2.75) is 24.8 Å². The first kappa shape index (κ1) is 17.2. The number of anilines is 2. The molecule has 0 radical (unpaired) electrons. The Balaban J connectivity index is 1.87. The molecule has 1 fully saturated rings. The van der Waals surface area contributed by atoms with Gasteiger partial charge in [-0.15, -0.1) is 0 Å². The first-order valence-electron chi connectivity index (χ1n) is 8.37. The van der Waals surface area contributed by atoms with Crippen LogP contribution in [0.25, 0.3) is 0 Å². The number of rotatable bonds is 5. The summed E-state index contributed by atoms with van der Waals surface area (Å²) in [4.78, 5) is 17.2. The number of esters is 1. The lowest BCUT2D eigenvalue weighted by Crippen LogP contribution is -2.43. The van der Waals surface area contributed by atoms with Crippen LogP contribution in [-0.2, 0) is 26.2 Å². The van der Waals surface area contributed by atoms with Crippen LogP contribution in [0.2, 0.25) is 0 Å². The Labute approximate surface area is 147 Å². The van der Waals surface area contributed by atoms with Crippen molar-refractivity contribution in [3.63, 3.8) is 0 Å². The summed E-state index contributed by atoms with van der Waals surface area (Å²) in [6.45, 7) is 1.62. The van der Waals surface area contributed by atoms with Crippen molar-refractivity contribution in [1.82, 2.24) is 4.98 Å². The average Bonchev–Trinajstić information content (AvgIpc) is 2.68. The third-order valence-electron chi connectivity index (χ3n) is 4.64. The predicted molar refractivity (Wildman–Crippen MR) is 96.2 cm³/mol. The number of nitrogens with zero attached hydrogens (tertiary/aromatic N) is 1. The first-order valence-corrected chi connectivity index (χ1v) is 8.37. The Morgan fingerprint density at radius 1 is 1.24 bits per heavy atom. The smallest absolute Gasteiger partial charge is 0.318 e. The van der Waals surface area contributed by atoms with E-state index < -0.39 is 5.41 Å². The Morgan fingerprint density at radius 2 is 1.96 bits per heavy atom. The molecular weight excluding hydrogens is 318 g/mol. The minimum atomic E-state index is -0.774.